The van der Waals surface area contributed by atoms with Gasteiger partial charge in [-0.15, -0.1) is 24.0 Å². The van der Waals surface area contributed by atoms with E-state index in [9.17, 15) is 0 Å². The second kappa shape index (κ2) is 14.1. The van der Waals surface area contributed by atoms with Crippen molar-refractivity contribution in [2.75, 3.05) is 63.9 Å². The van der Waals surface area contributed by atoms with E-state index in [1.165, 1.54) is 5.69 Å². The Bertz CT molecular complexity index is 494. The molecule has 1 aromatic carbocycles. The molecule has 148 valence electrons. The average molecular weight is 475 g/mol. The molecule has 6 nitrogen and oxygen atoms in total. The standard InChI is InChI=1S/C19H33N5O.HI/c1-2-24(18-8-4-3-5-9-18)13-7-11-22-19(20)21-10-6-12-23-14-16-25-17-15-23;/h3-5,8-9H,2,6-7,10-17H2,1H3,(H3,20,21,22);1H. The summed E-state index contributed by atoms with van der Waals surface area (Å²) in [7, 11) is 0. The van der Waals surface area contributed by atoms with Crippen LogP contribution in [0.25, 0.3) is 0 Å². The lowest BCUT2D eigenvalue weighted by Crippen LogP contribution is -2.39. The number of aliphatic imine (C=N–C) groups is 1. The number of hydrogen-bond acceptors (Lipinski definition) is 4. The van der Waals surface area contributed by atoms with E-state index >= 15 is 0 Å². The average Bonchev–Trinajstić information content (AvgIpc) is 2.67. The molecule has 2 rings (SSSR count). The smallest absolute Gasteiger partial charge is 0.188 e. The highest BCUT2D eigenvalue weighted by Crippen LogP contribution is 2.12. The molecule has 1 aromatic rings. The molecule has 1 aliphatic heterocycles. The zero-order chi connectivity index (χ0) is 17.7. The molecule has 1 saturated heterocycles. The largest absolute Gasteiger partial charge is 0.379 e. The summed E-state index contributed by atoms with van der Waals surface area (Å²) in [6.45, 7) is 10.7. The zero-order valence-corrected chi connectivity index (χ0v) is 18.2. The summed E-state index contributed by atoms with van der Waals surface area (Å²) in [6.07, 6.45) is 2.08. The third-order valence-corrected chi connectivity index (χ3v) is 4.43. The van der Waals surface area contributed by atoms with Gasteiger partial charge in [-0.25, -0.2) is 0 Å². The van der Waals surface area contributed by atoms with Gasteiger partial charge in [0.15, 0.2) is 5.96 Å². The molecule has 26 heavy (non-hydrogen) atoms. The van der Waals surface area contributed by atoms with E-state index < -0.39 is 0 Å². The molecule has 1 heterocycles. The zero-order valence-electron chi connectivity index (χ0n) is 15.9. The van der Waals surface area contributed by atoms with Gasteiger partial charge in [-0.2, -0.15) is 0 Å². The van der Waals surface area contributed by atoms with Crippen molar-refractivity contribution in [1.82, 2.24) is 10.2 Å². The Balaban J connectivity index is 0.00000338. The van der Waals surface area contributed by atoms with Gasteiger partial charge in [0.05, 0.1) is 13.2 Å². The number of morpholine rings is 1. The number of rotatable bonds is 10. The van der Waals surface area contributed by atoms with Crippen molar-refractivity contribution in [3.63, 3.8) is 0 Å². The van der Waals surface area contributed by atoms with Crippen molar-refractivity contribution in [3.05, 3.63) is 30.3 Å². The Morgan fingerprint density at radius 3 is 2.65 bits per heavy atom. The van der Waals surface area contributed by atoms with E-state index in [1.807, 2.05) is 6.07 Å². The highest BCUT2D eigenvalue weighted by Gasteiger charge is 2.09. The molecule has 0 amide bonds. The van der Waals surface area contributed by atoms with Crippen molar-refractivity contribution < 1.29 is 4.74 Å². The number of nitrogens with zero attached hydrogens (tertiary/aromatic N) is 3. The first-order valence-electron chi connectivity index (χ1n) is 9.43. The van der Waals surface area contributed by atoms with Crippen LogP contribution in [0.3, 0.4) is 0 Å². The fourth-order valence-corrected chi connectivity index (χ4v) is 2.97. The molecule has 0 atom stereocenters. The van der Waals surface area contributed by atoms with Crippen LogP contribution in [-0.4, -0.2) is 69.9 Å². The van der Waals surface area contributed by atoms with Crippen LogP contribution in [-0.2, 0) is 4.74 Å². The molecule has 1 aliphatic rings. The maximum Gasteiger partial charge on any atom is 0.188 e. The van der Waals surface area contributed by atoms with Gasteiger partial charge in [-0.05, 0) is 38.4 Å². The Morgan fingerprint density at radius 2 is 1.96 bits per heavy atom. The van der Waals surface area contributed by atoms with E-state index in [2.05, 4.69) is 51.3 Å². The van der Waals surface area contributed by atoms with E-state index in [1.54, 1.807) is 0 Å². The van der Waals surface area contributed by atoms with Gasteiger partial charge in [-0.3, -0.25) is 9.89 Å². The summed E-state index contributed by atoms with van der Waals surface area (Å²) in [4.78, 5) is 9.23. The SMILES string of the molecule is CCN(CCCN=C(N)NCCCN1CCOCC1)c1ccccc1.I. The van der Waals surface area contributed by atoms with E-state index in [0.717, 1.165) is 71.9 Å². The quantitative estimate of drug-likeness (QED) is 0.235. The van der Waals surface area contributed by atoms with E-state index in [-0.39, 0.29) is 24.0 Å². The van der Waals surface area contributed by atoms with Crippen LogP contribution >= 0.6 is 24.0 Å². The molecule has 0 spiro atoms. The molecule has 0 aromatic heterocycles. The fraction of sp³-hybridized carbons (Fsp3) is 0.632. The maximum absolute atomic E-state index is 5.95. The summed E-state index contributed by atoms with van der Waals surface area (Å²) in [5, 5.41) is 3.21. The van der Waals surface area contributed by atoms with Crippen molar-refractivity contribution in [2.45, 2.75) is 19.8 Å². The van der Waals surface area contributed by atoms with Gasteiger partial charge in [0.25, 0.3) is 0 Å². The lowest BCUT2D eigenvalue weighted by Gasteiger charge is -2.26. The minimum absolute atomic E-state index is 0. The molecule has 0 saturated carbocycles. The van der Waals surface area contributed by atoms with Gasteiger partial charge in [0.1, 0.15) is 0 Å². The number of para-hydroxylation sites is 1. The van der Waals surface area contributed by atoms with Crippen molar-refractivity contribution in [3.8, 4) is 0 Å². The first kappa shape index (κ1) is 23.0. The second-order valence-corrected chi connectivity index (χ2v) is 6.27. The number of nitrogens with two attached hydrogens (primary N) is 1. The number of benzene rings is 1. The third kappa shape index (κ3) is 9.05. The Labute approximate surface area is 175 Å². The molecule has 7 heteroatoms. The number of hydrogen-bond donors (Lipinski definition) is 2. The minimum atomic E-state index is 0. The van der Waals surface area contributed by atoms with Crippen LogP contribution in [0.1, 0.15) is 19.8 Å². The monoisotopic (exact) mass is 475 g/mol. The first-order valence-corrected chi connectivity index (χ1v) is 9.43. The molecule has 1 fully saturated rings. The normalized spacial score (nSPS) is 15.3. The number of anilines is 1. The Hall–Kier alpha value is -1.06. The number of halogens is 1. The summed E-state index contributed by atoms with van der Waals surface area (Å²) >= 11 is 0. The van der Waals surface area contributed by atoms with Crippen LogP contribution in [0.2, 0.25) is 0 Å². The molecular weight excluding hydrogens is 441 g/mol. The predicted molar refractivity (Wildman–Crippen MR) is 121 cm³/mol. The number of guanidine groups is 1. The fourth-order valence-electron chi connectivity index (χ4n) is 2.97. The topological polar surface area (TPSA) is 66.1 Å². The van der Waals surface area contributed by atoms with Crippen LogP contribution < -0.4 is 16.0 Å². The van der Waals surface area contributed by atoms with Crippen LogP contribution in [0, 0.1) is 0 Å². The Morgan fingerprint density at radius 1 is 1.23 bits per heavy atom. The molecule has 0 unspecified atom stereocenters. The van der Waals surface area contributed by atoms with Crippen LogP contribution in [0.15, 0.2) is 35.3 Å². The second-order valence-electron chi connectivity index (χ2n) is 6.27. The van der Waals surface area contributed by atoms with Gasteiger partial charge in [0, 0.05) is 45.0 Å². The molecular formula is C19H34IN5O. The molecule has 0 aliphatic carbocycles. The molecule has 0 radical (unpaired) electrons. The van der Waals surface area contributed by atoms with Crippen molar-refractivity contribution in [1.29, 1.82) is 0 Å². The lowest BCUT2D eigenvalue weighted by atomic mass is 10.2. The van der Waals surface area contributed by atoms with Gasteiger partial charge >= 0.3 is 0 Å². The highest BCUT2D eigenvalue weighted by atomic mass is 127. The maximum atomic E-state index is 5.95. The van der Waals surface area contributed by atoms with Gasteiger partial charge < -0.3 is 20.7 Å². The van der Waals surface area contributed by atoms with Crippen molar-refractivity contribution in [2.24, 2.45) is 10.7 Å². The van der Waals surface area contributed by atoms with Gasteiger partial charge in [0.2, 0.25) is 0 Å². The van der Waals surface area contributed by atoms with Crippen LogP contribution in [0.4, 0.5) is 5.69 Å². The lowest BCUT2D eigenvalue weighted by molar-refractivity contribution is 0.0376. The van der Waals surface area contributed by atoms with Crippen molar-refractivity contribution >= 4 is 35.6 Å². The summed E-state index contributed by atoms with van der Waals surface area (Å²) < 4.78 is 5.35. The third-order valence-electron chi connectivity index (χ3n) is 4.43. The van der Waals surface area contributed by atoms with E-state index in [4.69, 9.17) is 10.5 Å². The van der Waals surface area contributed by atoms with Gasteiger partial charge in [-0.1, -0.05) is 18.2 Å². The predicted octanol–water partition coefficient (Wildman–Crippen LogP) is 2.15. The number of ether oxygens (including phenoxy) is 1. The van der Waals surface area contributed by atoms with E-state index in [0.29, 0.717) is 5.96 Å². The Kier molecular flexibility index (Phi) is 12.4. The summed E-state index contributed by atoms with van der Waals surface area (Å²) in [5.74, 6) is 0.560. The first-order chi connectivity index (χ1) is 12.3. The highest BCUT2D eigenvalue weighted by molar-refractivity contribution is 14.0. The summed E-state index contributed by atoms with van der Waals surface area (Å²) in [6, 6.07) is 10.5. The molecule has 0 bridgehead atoms. The molecule has 3 N–H and O–H groups in total. The summed E-state index contributed by atoms with van der Waals surface area (Å²) in [5.41, 5.74) is 7.21. The minimum Gasteiger partial charge on any atom is -0.379 e. The van der Waals surface area contributed by atoms with Crippen LogP contribution in [0.5, 0.6) is 0 Å². The number of nitrogens with one attached hydrogen (secondary N) is 1.